The third-order valence-electron chi connectivity index (χ3n) is 1.40. The van der Waals surface area contributed by atoms with E-state index in [9.17, 15) is 0 Å². The number of pyridine rings is 1. The molecule has 0 aliphatic rings. The van der Waals surface area contributed by atoms with E-state index >= 15 is 0 Å². The number of nitrogens with two attached hydrogens (primary N) is 1. The minimum atomic E-state index is 0. The lowest BCUT2D eigenvalue weighted by Gasteiger charge is -1.92. The Balaban J connectivity index is 0.000001000. The average molecular weight is 264 g/mol. The van der Waals surface area contributed by atoms with Gasteiger partial charge in [0.05, 0.1) is 0 Å². The van der Waals surface area contributed by atoms with E-state index in [1.807, 2.05) is 24.5 Å². The quantitative estimate of drug-likeness (QED) is 0.484. The molecule has 0 aliphatic heterocycles. The molecule has 3 heteroatoms. The molecule has 0 aliphatic carbocycles. The molecular formula is C8H13IN2. The van der Waals surface area contributed by atoms with E-state index in [2.05, 4.69) is 11.5 Å². The van der Waals surface area contributed by atoms with Crippen LogP contribution in [-0.4, -0.2) is 0 Å². The highest BCUT2D eigenvalue weighted by molar-refractivity contribution is 5.32. The molecule has 0 atom stereocenters. The smallest absolute Gasteiger partial charge is 0.170 e. The van der Waals surface area contributed by atoms with Crippen molar-refractivity contribution in [3.63, 3.8) is 0 Å². The molecule has 0 fully saturated rings. The Morgan fingerprint density at radius 1 is 1.36 bits per heavy atom. The van der Waals surface area contributed by atoms with Gasteiger partial charge in [-0.05, 0) is 0 Å². The van der Waals surface area contributed by atoms with E-state index in [0.29, 0.717) is 0 Å². The fourth-order valence-corrected chi connectivity index (χ4v) is 0.876. The number of rotatable bonds is 2. The van der Waals surface area contributed by atoms with Crippen molar-refractivity contribution in [3.8, 4) is 0 Å². The van der Waals surface area contributed by atoms with Crippen LogP contribution in [0.2, 0.25) is 0 Å². The van der Waals surface area contributed by atoms with E-state index in [4.69, 9.17) is 5.73 Å². The fourth-order valence-electron chi connectivity index (χ4n) is 0.876. The Morgan fingerprint density at radius 2 is 1.91 bits per heavy atom. The monoisotopic (exact) mass is 264 g/mol. The van der Waals surface area contributed by atoms with E-state index in [1.165, 1.54) is 0 Å². The minimum Gasteiger partial charge on any atom is -1.00 e. The van der Waals surface area contributed by atoms with Crippen LogP contribution in [0.4, 0.5) is 5.69 Å². The lowest BCUT2D eigenvalue weighted by Crippen LogP contribution is -3.00. The van der Waals surface area contributed by atoms with Crippen LogP contribution in [0.15, 0.2) is 24.5 Å². The second-order valence-electron chi connectivity index (χ2n) is 2.37. The summed E-state index contributed by atoms with van der Waals surface area (Å²) >= 11 is 0. The number of anilines is 1. The van der Waals surface area contributed by atoms with Gasteiger partial charge in [-0.3, -0.25) is 0 Å². The number of aromatic nitrogens is 1. The Hall–Kier alpha value is -0.320. The molecule has 0 amide bonds. The largest absolute Gasteiger partial charge is 1.00 e. The Kier molecular flexibility index (Phi) is 5.19. The number of nitrogens with zero attached hydrogens (tertiary/aromatic N) is 1. The van der Waals surface area contributed by atoms with Crippen molar-refractivity contribution < 1.29 is 28.5 Å². The molecule has 1 aromatic rings. The van der Waals surface area contributed by atoms with Gasteiger partial charge in [0.15, 0.2) is 12.4 Å². The summed E-state index contributed by atoms with van der Waals surface area (Å²) in [5.41, 5.74) is 6.34. The predicted octanol–water partition coefficient (Wildman–Crippen LogP) is -2.03. The van der Waals surface area contributed by atoms with Crippen LogP contribution < -0.4 is 34.3 Å². The van der Waals surface area contributed by atoms with Crippen molar-refractivity contribution in [1.29, 1.82) is 0 Å². The van der Waals surface area contributed by atoms with Crippen LogP contribution in [0.25, 0.3) is 0 Å². The van der Waals surface area contributed by atoms with E-state index in [0.717, 1.165) is 18.7 Å². The van der Waals surface area contributed by atoms with E-state index in [-0.39, 0.29) is 24.0 Å². The van der Waals surface area contributed by atoms with Gasteiger partial charge in [-0.15, -0.1) is 0 Å². The third-order valence-corrected chi connectivity index (χ3v) is 1.40. The number of nitrogen functional groups attached to an aromatic ring is 1. The van der Waals surface area contributed by atoms with Crippen molar-refractivity contribution in [1.82, 2.24) is 0 Å². The van der Waals surface area contributed by atoms with Gasteiger partial charge in [0.2, 0.25) is 0 Å². The van der Waals surface area contributed by atoms with Crippen LogP contribution >= 0.6 is 0 Å². The Labute approximate surface area is 84.4 Å². The van der Waals surface area contributed by atoms with Crippen LogP contribution in [0.3, 0.4) is 0 Å². The minimum absolute atomic E-state index is 0. The van der Waals surface area contributed by atoms with Crippen molar-refractivity contribution >= 4 is 5.69 Å². The topological polar surface area (TPSA) is 29.9 Å². The SMILES string of the molecule is CCC[n+]1ccc(N)cc1.[I-]. The molecule has 2 nitrogen and oxygen atoms in total. The zero-order valence-corrected chi connectivity index (χ0v) is 8.78. The van der Waals surface area contributed by atoms with Crippen LogP contribution in [0, 0.1) is 0 Å². The molecule has 0 bridgehead atoms. The van der Waals surface area contributed by atoms with Crippen LogP contribution in [0.1, 0.15) is 13.3 Å². The number of aryl methyl sites for hydroxylation is 1. The maximum absolute atomic E-state index is 5.51. The van der Waals surface area contributed by atoms with Crippen molar-refractivity contribution in [3.05, 3.63) is 24.5 Å². The molecule has 1 aromatic heterocycles. The summed E-state index contributed by atoms with van der Waals surface area (Å²) in [6.07, 6.45) is 5.16. The molecule has 0 saturated carbocycles. The second-order valence-corrected chi connectivity index (χ2v) is 2.37. The highest BCUT2D eigenvalue weighted by atomic mass is 127. The number of halogens is 1. The standard InChI is InChI=1S/C8H12N2.HI/c1-2-5-10-6-3-8(9)4-7-10;/h3-4,6-7,9H,2,5H2,1H3;1H. The highest BCUT2D eigenvalue weighted by Gasteiger charge is 1.94. The highest BCUT2D eigenvalue weighted by Crippen LogP contribution is 1.93. The summed E-state index contributed by atoms with van der Waals surface area (Å²) in [6, 6.07) is 3.82. The maximum atomic E-state index is 5.51. The first-order valence-electron chi connectivity index (χ1n) is 3.57. The lowest BCUT2D eigenvalue weighted by atomic mass is 10.4. The normalized spacial score (nSPS) is 8.82. The molecule has 1 rings (SSSR count). The zero-order valence-electron chi connectivity index (χ0n) is 6.63. The number of hydrogen-bond donors (Lipinski definition) is 1. The average Bonchev–Trinajstić information content (AvgIpc) is 1.95. The third kappa shape index (κ3) is 3.55. The summed E-state index contributed by atoms with van der Waals surface area (Å²) in [5.74, 6) is 0. The first-order valence-corrected chi connectivity index (χ1v) is 3.57. The van der Waals surface area contributed by atoms with Crippen molar-refractivity contribution in [2.45, 2.75) is 19.9 Å². The molecule has 11 heavy (non-hydrogen) atoms. The zero-order chi connectivity index (χ0) is 7.40. The van der Waals surface area contributed by atoms with Gasteiger partial charge < -0.3 is 29.7 Å². The first-order chi connectivity index (χ1) is 4.83. The molecule has 2 N–H and O–H groups in total. The van der Waals surface area contributed by atoms with Gasteiger partial charge in [-0.1, -0.05) is 6.92 Å². The Morgan fingerprint density at radius 3 is 2.36 bits per heavy atom. The van der Waals surface area contributed by atoms with Crippen molar-refractivity contribution in [2.75, 3.05) is 5.73 Å². The Bertz CT molecular complexity index is 196. The lowest BCUT2D eigenvalue weighted by molar-refractivity contribution is -0.696. The summed E-state index contributed by atoms with van der Waals surface area (Å²) in [4.78, 5) is 0. The fraction of sp³-hybridized carbons (Fsp3) is 0.375. The predicted molar refractivity (Wildman–Crippen MR) is 41.3 cm³/mol. The molecule has 1 heterocycles. The second kappa shape index (κ2) is 5.35. The molecular weight excluding hydrogens is 251 g/mol. The molecule has 0 aromatic carbocycles. The molecule has 0 spiro atoms. The molecule has 62 valence electrons. The molecule has 0 radical (unpaired) electrons. The van der Waals surface area contributed by atoms with Gasteiger partial charge in [-0.2, -0.15) is 0 Å². The van der Waals surface area contributed by atoms with Crippen molar-refractivity contribution in [2.24, 2.45) is 0 Å². The maximum Gasteiger partial charge on any atom is 0.170 e. The first kappa shape index (κ1) is 10.7. The van der Waals surface area contributed by atoms with Crippen LogP contribution in [-0.2, 0) is 6.54 Å². The summed E-state index contributed by atoms with van der Waals surface area (Å²) < 4.78 is 2.12. The van der Waals surface area contributed by atoms with Gasteiger partial charge in [0.1, 0.15) is 6.54 Å². The van der Waals surface area contributed by atoms with Gasteiger partial charge >= 0.3 is 0 Å². The van der Waals surface area contributed by atoms with Gasteiger partial charge in [0, 0.05) is 24.2 Å². The van der Waals surface area contributed by atoms with E-state index in [1.54, 1.807) is 0 Å². The van der Waals surface area contributed by atoms with E-state index < -0.39 is 0 Å². The summed E-state index contributed by atoms with van der Waals surface area (Å²) in [6.45, 7) is 3.23. The van der Waals surface area contributed by atoms with Crippen LogP contribution in [0.5, 0.6) is 0 Å². The van der Waals surface area contributed by atoms with Gasteiger partial charge in [0.25, 0.3) is 0 Å². The summed E-state index contributed by atoms with van der Waals surface area (Å²) in [7, 11) is 0. The van der Waals surface area contributed by atoms with Gasteiger partial charge in [-0.25, -0.2) is 4.57 Å². The summed E-state index contributed by atoms with van der Waals surface area (Å²) in [5, 5.41) is 0. The molecule has 0 unspecified atom stereocenters. The molecule has 0 saturated heterocycles. The number of hydrogen-bond acceptors (Lipinski definition) is 1.